The van der Waals surface area contributed by atoms with Gasteiger partial charge in [0.2, 0.25) is 0 Å². The first kappa shape index (κ1) is 17.4. The summed E-state index contributed by atoms with van der Waals surface area (Å²) in [7, 11) is 0. The Morgan fingerprint density at radius 1 is 0.677 bits per heavy atom. The highest BCUT2D eigenvalue weighted by Gasteiger charge is 2.58. The number of benzene rings is 3. The number of hydrogen-bond acceptors (Lipinski definition) is 2. The summed E-state index contributed by atoms with van der Waals surface area (Å²) >= 11 is 0. The molecule has 2 atom stereocenters. The van der Waals surface area contributed by atoms with E-state index >= 15 is 0 Å². The van der Waals surface area contributed by atoms with Crippen LogP contribution in [0.2, 0.25) is 0 Å². The van der Waals surface area contributed by atoms with Crippen LogP contribution < -0.4 is 0 Å². The fourth-order valence-electron chi connectivity index (χ4n) is 7.06. The highest BCUT2D eigenvalue weighted by molar-refractivity contribution is 6.15. The minimum atomic E-state index is -0.419. The highest BCUT2D eigenvalue weighted by Crippen LogP contribution is 2.65. The summed E-state index contributed by atoms with van der Waals surface area (Å²) in [4.78, 5) is 26.7. The van der Waals surface area contributed by atoms with Crippen molar-refractivity contribution in [1.29, 1.82) is 0 Å². The van der Waals surface area contributed by atoms with E-state index in [9.17, 15) is 9.59 Å². The monoisotopic (exact) mass is 402 g/mol. The number of allylic oxidation sites excluding steroid dienone is 2. The zero-order valence-electron chi connectivity index (χ0n) is 17.3. The van der Waals surface area contributed by atoms with Crippen LogP contribution in [-0.4, -0.2) is 11.6 Å². The number of carbonyl (C=O) groups excluding carboxylic acids is 2. The molecule has 0 unspecified atom stereocenters. The van der Waals surface area contributed by atoms with Gasteiger partial charge in [-0.05, 0) is 64.1 Å². The minimum absolute atomic E-state index is 0.0469. The molecular formula is C29H22O2. The molecule has 3 aromatic carbocycles. The summed E-state index contributed by atoms with van der Waals surface area (Å²) in [5.74, 6) is 0.294. The van der Waals surface area contributed by atoms with E-state index in [1.807, 2.05) is 24.3 Å². The van der Waals surface area contributed by atoms with Crippen molar-refractivity contribution in [3.05, 3.63) is 106 Å². The molecule has 0 N–H and O–H groups in total. The standard InChI is InChI=1S/C29H22O2/c30-25-15-18-16-26(31)21-11-3-4-13-23(21)29(18)24-14-6-8-17-7-5-12-22(27(17)24)28(29)20-10-2-1-9-19(20)25/h1-4,6,8-11,13-14,18H,5,7,12,15-16H2/t18-,29-/m1/s1. The quantitative estimate of drug-likeness (QED) is 0.461. The zero-order chi connectivity index (χ0) is 20.7. The van der Waals surface area contributed by atoms with Gasteiger partial charge < -0.3 is 0 Å². The predicted molar refractivity (Wildman–Crippen MR) is 121 cm³/mol. The molecule has 0 heterocycles. The Labute approximate surface area is 181 Å². The summed E-state index contributed by atoms with van der Waals surface area (Å²) in [6.07, 6.45) is 4.11. The predicted octanol–water partition coefficient (Wildman–Crippen LogP) is 6.02. The minimum Gasteiger partial charge on any atom is -0.294 e. The molecule has 4 aliphatic rings. The SMILES string of the molecule is O=C1C[C@@H]2CC(=O)c3ccccc3[C@]23C(=C2CCCc4cccc3c42)c2ccccc21. The largest absolute Gasteiger partial charge is 0.294 e. The van der Waals surface area contributed by atoms with Crippen LogP contribution in [0.4, 0.5) is 0 Å². The van der Waals surface area contributed by atoms with E-state index in [-0.39, 0.29) is 17.5 Å². The molecule has 1 spiro atoms. The second-order valence-electron chi connectivity index (χ2n) is 9.40. The van der Waals surface area contributed by atoms with Gasteiger partial charge in [-0.1, -0.05) is 66.7 Å². The van der Waals surface area contributed by atoms with Gasteiger partial charge in [0.05, 0.1) is 5.41 Å². The van der Waals surface area contributed by atoms with Gasteiger partial charge in [0, 0.05) is 24.0 Å². The van der Waals surface area contributed by atoms with Gasteiger partial charge in [-0.25, -0.2) is 0 Å². The number of ketones is 2. The van der Waals surface area contributed by atoms with Crippen molar-refractivity contribution in [2.45, 2.75) is 37.5 Å². The Morgan fingerprint density at radius 3 is 2.19 bits per heavy atom. The lowest BCUT2D eigenvalue weighted by atomic mass is 9.56. The van der Waals surface area contributed by atoms with Crippen LogP contribution in [0, 0.1) is 5.92 Å². The highest BCUT2D eigenvalue weighted by atomic mass is 16.1. The Hall–Kier alpha value is -3.26. The van der Waals surface area contributed by atoms with E-state index in [4.69, 9.17) is 0 Å². The molecule has 2 nitrogen and oxygen atoms in total. The van der Waals surface area contributed by atoms with Gasteiger partial charge in [0.1, 0.15) is 0 Å². The lowest BCUT2D eigenvalue weighted by molar-refractivity contribution is 0.0888. The fraction of sp³-hybridized carbons (Fsp3) is 0.241. The Kier molecular flexibility index (Phi) is 3.32. The van der Waals surface area contributed by atoms with Crippen LogP contribution in [-0.2, 0) is 11.8 Å². The number of fused-ring (bicyclic) bond motifs is 3. The van der Waals surface area contributed by atoms with Crippen molar-refractivity contribution in [1.82, 2.24) is 0 Å². The maximum Gasteiger partial charge on any atom is 0.163 e. The summed E-state index contributed by atoms with van der Waals surface area (Å²) in [5, 5.41) is 0. The molecule has 0 bridgehead atoms. The Morgan fingerprint density at radius 2 is 1.35 bits per heavy atom. The van der Waals surface area contributed by atoms with Gasteiger partial charge in [0.25, 0.3) is 0 Å². The molecule has 150 valence electrons. The van der Waals surface area contributed by atoms with Crippen molar-refractivity contribution in [2.75, 3.05) is 0 Å². The third-order valence-corrected chi connectivity index (χ3v) is 8.07. The maximum absolute atomic E-state index is 13.5. The van der Waals surface area contributed by atoms with Crippen LogP contribution >= 0.6 is 0 Å². The van der Waals surface area contributed by atoms with Crippen LogP contribution in [0.1, 0.15) is 74.2 Å². The first-order valence-corrected chi connectivity index (χ1v) is 11.3. The topological polar surface area (TPSA) is 34.1 Å². The van der Waals surface area contributed by atoms with Crippen molar-refractivity contribution in [2.24, 2.45) is 5.92 Å². The third kappa shape index (κ3) is 1.99. The van der Waals surface area contributed by atoms with Gasteiger partial charge in [-0.15, -0.1) is 0 Å². The smallest absolute Gasteiger partial charge is 0.163 e. The summed E-state index contributed by atoms with van der Waals surface area (Å²) in [6.45, 7) is 0. The van der Waals surface area contributed by atoms with Crippen molar-refractivity contribution < 1.29 is 9.59 Å². The van der Waals surface area contributed by atoms with Gasteiger partial charge in [-0.3, -0.25) is 9.59 Å². The first-order chi connectivity index (χ1) is 15.2. The Balaban J connectivity index is 1.72. The summed E-state index contributed by atoms with van der Waals surface area (Å²) < 4.78 is 0. The molecular weight excluding hydrogens is 380 g/mol. The molecule has 0 aliphatic heterocycles. The first-order valence-electron chi connectivity index (χ1n) is 11.3. The third-order valence-electron chi connectivity index (χ3n) is 8.07. The molecule has 31 heavy (non-hydrogen) atoms. The van der Waals surface area contributed by atoms with E-state index in [0.717, 1.165) is 41.5 Å². The van der Waals surface area contributed by atoms with Crippen LogP contribution in [0.3, 0.4) is 0 Å². The van der Waals surface area contributed by atoms with Crippen LogP contribution in [0.25, 0.3) is 11.1 Å². The van der Waals surface area contributed by atoms with Crippen molar-refractivity contribution >= 4 is 22.7 Å². The summed E-state index contributed by atoms with van der Waals surface area (Å²) in [6, 6.07) is 23.0. The van der Waals surface area contributed by atoms with Gasteiger partial charge >= 0.3 is 0 Å². The molecule has 0 saturated heterocycles. The van der Waals surface area contributed by atoms with E-state index in [2.05, 4.69) is 42.5 Å². The number of rotatable bonds is 0. The zero-order valence-corrected chi connectivity index (χ0v) is 17.3. The molecule has 0 aromatic heterocycles. The molecule has 3 aromatic rings. The molecule has 0 radical (unpaired) electrons. The average Bonchev–Trinajstić information content (AvgIpc) is 3.04. The van der Waals surface area contributed by atoms with Gasteiger partial charge in [0.15, 0.2) is 11.6 Å². The second-order valence-corrected chi connectivity index (χ2v) is 9.40. The van der Waals surface area contributed by atoms with E-state index < -0.39 is 5.41 Å². The number of aryl methyl sites for hydroxylation is 1. The average molecular weight is 402 g/mol. The van der Waals surface area contributed by atoms with Gasteiger partial charge in [-0.2, -0.15) is 0 Å². The summed E-state index contributed by atoms with van der Waals surface area (Å²) in [5.41, 5.74) is 10.3. The molecule has 0 saturated carbocycles. The van der Waals surface area contributed by atoms with Crippen LogP contribution in [0.5, 0.6) is 0 Å². The molecule has 0 fully saturated rings. The number of carbonyl (C=O) groups is 2. The number of hydrogen-bond donors (Lipinski definition) is 0. The molecule has 4 aliphatic carbocycles. The van der Waals surface area contributed by atoms with Crippen molar-refractivity contribution in [3.8, 4) is 0 Å². The Bertz CT molecular complexity index is 1360. The molecule has 0 amide bonds. The second kappa shape index (κ2) is 5.91. The normalized spacial score (nSPS) is 25.2. The van der Waals surface area contributed by atoms with E-state index in [0.29, 0.717) is 12.8 Å². The van der Waals surface area contributed by atoms with E-state index in [1.165, 1.54) is 27.8 Å². The molecule has 2 heteroatoms. The van der Waals surface area contributed by atoms with E-state index in [1.54, 1.807) is 0 Å². The van der Waals surface area contributed by atoms with Crippen molar-refractivity contribution in [3.63, 3.8) is 0 Å². The lowest BCUT2D eigenvalue weighted by Crippen LogP contribution is -2.42. The molecule has 7 rings (SSSR count). The lowest BCUT2D eigenvalue weighted by Gasteiger charge is -2.44. The van der Waals surface area contributed by atoms with Crippen LogP contribution in [0.15, 0.2) is 66.7 Å². The number of Topliss-reactive ketones (excluding diaryl/α,β-unsaturated/α-hetero) is 2. The maximum atomic E-state index is 13.5. The fourth-order valence-corrected chi connectivity index (χ4v) is 7.06.